The van der Waals surface area contributed by atoms with Gasteiger partial charge in [-0.1, -0.05) is 170 Å². The molecule has 2 aromatic heterocycles. The van der Waals surface area contributed by atoms with Gasteiger partial charge in [-0.3, -0.25) is 0 Å². The highest BCUT2D eigenvalue weighted by Crippen LogP contribution is 2.50. The first-order chi connectivity index (χ1) is 28.3. The number of fused-ring (bicyclic) bond motifs is 6. The van der Waals surface area contributed by atoms with Crippen molar-refractivity contribution >= 4 is 60.8 Å². The van der Waals surface area contributed by atoms with Crippen LogP contribution < -0.4 is 4.90 Å². The fraction of sp³-hybridized carbons (Fsp3) is 0. The average Bonchev–Trinajstić information content (AvgIpc) is 3.84. The Balaban J connectivity index is 1.16. The van der Waals surface area contributed by atoms with Gasteiger partial charge in [0.25, 0.3) is 0 Å². The Morgan fingerprint density at radius 1 is 0.368 bits per heavy atom. The first-order valence-corrected chi connectivity index (χ1v) is 19.4. The molecule has 0 bridgehead atoms. The lowest BCUT2D eigenvalue weighted by Gasteiger charge is -2.30. The Morgan fingerprint density at radius 2 is 0.895 bits per heavy atom. The van der Waals surface area contributed by atoms with Crippen LogP contribution in [0.4, 0.5) is 17.1 Å². The zero-order chi connectivity index (χ0) is 37.7. The van der Waals surface area contributed by atoms with Crippen molar-refractivity contribution in [2.45, 2.75) is 0 Å². The van der Waals surface area contributed by atoms with Crippen LogP contribution in [-0.2, 0) is 0 Å². The van der Waals surface area contributed by atoms with Gasteiger partial charge in [-0.15, -0.1) is 0 Å². The minimum Gasteiger partial charge on any atom is -0.454 e. The molecule has 0 aliphatic rings. The second-order valence-electron chi connectivity index (χ2n) is 14.5. The Kier molecular flexibility index (Phi) is 7.82. The zero-order valence-corrected chi connectivity index (χ0v) is 31.1. The topological polar surface area (TPSA) is 21.3 Å². The SMILES string of the molecule is c1ccc(-c2cccc(-c3ccccc3)c2N(c2ccc(-c3cccc4c3c3ccccc3n4-c3ccccc3)cc2)c2cccc3c2oc2ccccc23)cc1. The highest BCUT2D eigenvalue weighted by molar-refractivity contribution is 6.16. The average molecular weight is 729 g/mol. The summed E-state index contributed by atoms with van der Waals surface area (Å²) in [4.78, 5) is 2.40. The van der Waals surface area contributed by atoms with Gasteiger partial charge >= 0.3 is 0 Å². The van der Waals surface area contributed by atoms with Crippen LogP contribution in [0.5, 0.6) is 0 Å². The number of hydrogen-bond donors (Lipinski definition) is 0. The molecule has 0 aliphatic carbocycles. The van der Waals surface area contributed by atoms with E-state index in [2.05, 4.69) is 222 Å². The smallest absolute Gasteiger partial charge is 0.159 e. The van der Waals surface area contributed by atoms with Crippen molar-refractivity contribution in [3.05, 3.63) is 218 Å². The molecule has 0 spiro atoms. The zero-order valence-electron chi connectivity index (χ0n) is 31.1. The molecular formula is C54H36N2O. The first-order valence-electron chi connectivity index (χ1n) is 19.4. The lowest BCUT2D eigenvalue weighted by Crippen LogP contribution is -2.13. The molecule has 57 heavy (non-hydrogen) atoms. The van der Waals surface area contributed by atoms with Crippen LogP contribution in [0, 0.1) is 0 Å². The maximum atomic E-state index is 6.78. The third-order valence-corrected chi connectivity index (χ3v) is 11.2. The summed E-state index contributed by atoms with van der Waals surface area (Å²) in [6, 6.07) is 78.0. The van der Waals surface area contributed by atoms with E-state index < -0.39 is 0 Å². The summed E-state index contributed by atoms with van der Waals surface area (Å²) in [5.74, 6) is 0. The van der Waals surface area contributed by atoms with Crippen LogP contribution in [0.15, 0.2) is 223 Å². The molecule has 0 N–H and O–H groups in total. The van der Waals surface area contributed by atoms with Crippen molar-refractivity contribution in [3.63, 3.8) is 0 Å². The number of anilines is 3. The molecule has 0 radical (unpaired) electrons. The summed E-state index contributed by atoms with van der Waals surface area (Å²) in [6.45, 7) is 0. The Labute approximate surface area is 330 Å². The van der Waals surface area contributed by atoms with E-state index in [-0.39, 0.29) is 0 Å². The molecule has 0 amide bonds. The van der Waals surface area contributed by atoms with E-state index in [4.69, 9.17) is 4.42 Å². The highest BCUT2D eigenvalue weighted by Gasteiger charge is 2.25. The van der Waals surface area contributed by atoms with Gasteiger partial charge < -0.3 is 13.9 Å². The van der Waals surface area contributed by atoms with Gasteiger partial charge in [0.15, 0.2) is 5.58 Å². The molecule has 9 aromatic carbocycles. The molecule has 3 nitrogen and oxygen atoms in total. The third kappa shape index (κ3) is 5.43. The number of aromatic nitrogens is 1. The second kappa shape index (κ2) is 13.6. The fourth-order valence-corrected chi connectivity index (χ4v) is 8.69. The molecule has 11 aromatic rings. The minimum absolute atomic E-state index is 0.850. The first kappa shape index (κ1) is 32.8. The van der Waals surface area contributed by atoms with Crippen molar-refractivity contribution in [2.24, 2.45) is 0 Å². The van der Waals surface area contributed by atoms with Crippen molar-refractivity contribution in [3.8, 4) is 39.1 Å². The van der Waals surface area contributed by atoms with Gasteiger partial charge in [-0.25, -0.2) is 0 Å². The van der Waals surface area contributed by atoms with E-state index in [1.807, 2.05) is 6.07 Å². The second-order valence-corrected chi connectivity index (χ2v) is 14.5. The van der Waals surface area contributed by atoms with Crippen LogP contribution in [0.1, 0.15) is 0 Å². The van der Waals surface area contributed by atoms with Crippen molar-refractivity contribution in [2.75, 3.05) is 4.90 Å². The quantitative estimate of drug-likeness (QED) is 0.163. The summed E-state index contributed by atoms with van der Waals surface area (Å²) < 4.78 is 9.15. The molecule has 11 rings (SSSR count). The predicted molar refractivity (Wildman–Crippen MR) is 239 cm³/mol. The number of rotatable bonds is 7. The van der Waals surface area contributed by atoms with Crippen molar-refractivity contribution < 1.29 is 4.42 Å². The molecule has 0 fully saturated rings. The van der Waals surface area contributed by atoms with Gasteiger partial charge in [-0.2, -0.15) is 0 Å². The summed E-state index contributed by atoms with van der Waals surface area (Å²) >= 11 is 0. The summed E-state index contributed by atoms with van der Waals surface area (Å²) in [7, 11) is 0. The molecule has 0 saturated carbocycles. The van der Waals surface area contributed by atoms with Gasteiger partial charge in [-0.05, 0) is 70.8 Å². The summed E-state index contributed by atoms with van der Waals surface area (Å²) in [5, 5.41) is 4.67. The largest absolute Gasteiger partial charge is 0.454 e. The van der Waals surface area contributed by atoms with Gasteiger partial charge in [0, 0.05) is 44.0 Å². The molecule has 2 heterocycles. The number of para-hydroxylation sites is 5. The fourth-order valence-electron chi connectivity index (χ4n) is 8.69. The van der Waals surface area contributed by atoms with E-state index in [1.54, 1.807) is 0 Å². The van der Waals surface area contributed by atoms with E-state index >= 15 is 0 Å². The lowest BCUT2D eigenvalue weighted by molar-refractivity contribution is 0.669. The summed E-state index contributed by atoms with van der Waals surface area (Å²) in [5.41, 5.74) is 15.3. The molecule has 0 unspecified atom stereocenters. The molecule has 0 saturated heterocycles. The lowest BCUT2D eigenvalue weighted by atomic mass is 9.93. The normalized spacial score (nSPS) is 11.5. The number of hydrogen-bond acceptors (Lipinski definition) is 2. The van der Waals surface area contributed by atoms with E-state index in [1.165, 1.54) is 27.4 Å². The standard InChI is InChI=1S/C54H36N2O/c1-4-17-37(18-5-1)43-26-14-27-44(38-19-6-2-7-20-38)53(43)56(50-31-16-28-46-45-23-11-13-32-51(45)57-54(46)50)41-35-33-39(34-36-41)42-25-15-30-49-52(42)47-24-10-12-29-48(47)55(49)40-21-8-3-9-22-40/h1-36H. The van der Waals surface area contributed by atoms with Crippen molar-refractivity contribution in [1.29, 1.82) is 0 Å². The molecule has 0 atom stereocenters. The number of furan rings is 1. The van der Waals surface area contributed by atoms with Crippen molar-refractivity contribution in [1.82, 2.24) is 4.57 Å². The third-order valence-electron chi connectivity index (χ3n) is 11.2. The summed E-state index contributed by atoms with van der Waals surface area (Å²) in [6.07, 6.45) is 0. The van der Waals surface area contributed by atoms with Crippen LogP contribution in [0.2, 0.25) is 0 Å². The van der Waals surface area contributed by atoms with Gasteiger partial charge in [0.2, 0.25) is 0 Å². The van der Waals surface area contributed by atoms with Crippen LogP contribution in [-0.4, -0.2) is 4.57 Å². The number of benzene rings is 9. The van der Waals surface area contributed by atoms with Crippen LogP contribution in [0.25, 0.3) is 82.8 Å². The Bertz CT molecular complexity index is 3160. The van der Waals surface area contributed by atoms with E-state index in [0.717, 1.165) is 72.5 Å². The molecule has 0 aliphatic heterocycles. The predicted octanol–water partition coefficient (Wildman–Crippen LogP) is 15.2. The van der Waals surface area contributed by atoms with Gasteiger partial charge in [0.05, 0.1) is 22.4 Å². The highest BCUT2D eigenvalue weighted by atomic mass is 16.3. The van der Waals surface area contributed by atoms with E-state index in [0.29, 0.717) is 0 Å². The molecular weight excluding hydrogens is 693 g/mol. The number of nitrogens with zero attached hydrogens (tertiary/aromatic N) is 2. The monoisotopic (exact) mass is 728 g/mol. The Morgan fingerprint density at radius 3 is 1.61 bits per heavy atom. The van der Waals surface area contributed by atoms with Gasteiger partial charge in [0.1, 0.15) is 5.58 Å². The van der Waals surface area contributed by atoms with Crippen LogP contribution >= 0.6 is 0 Å². The Hall–Kier alpha value is -7.62. The minimum atomic E-state index is 0.850. The van der Waals surface area contributed by atoms with E-state index in [9.17, 15) is 0 Å². The van der Waals surface area contributed by atoms with Crippen LogP contribution in [0.3, 0.4) is 0 Å². The maximum Gasteiger partial charge on any atom is 0.159 e. The molecule has 268 valence electrons. The molecule has 3 heteroatoms. The maximum absolute atomic E-state index is 6.78.